The number of anilines is 1. The van der Waals surface area contributed by atoms with Gasteiger partial charge < -0.3 is 10.2 Å². The molecular weight excluding hydrogens is 382 g/mol. The van der Waals surface area contributed by atoms with E-state index in [1.54, 1.807) is 36.9 Å². The lowest BCUT2D eigenvalue weighted by atomic mass is 10.2. The van der Waals surface area contributed by atoms with Crippen molar-refractivity contribution in [2.75, 3.05) is 11.9 Å². The summed E-state index contributed by atoms with van der Waals surface area (Å²) in [4.78, 5) is 33.1. The van der Waals surface area contributed by atoms with E-state index in [0.717, 1.165) is 16.8 Å². The van der Waals surface area contributed by atoms with E-state index in [4.69, 9.17) is 0 Å². The maximum Gasteiger partial charge on any atom is 0.269 e. The first-order valence-corrected chi connectivity index (χ1v) is 9.66. The van der Waals surface area contributed by atoms with Gasteiger partial charge >= 0.3 is 0 Å². The molecule has 154 valence electrons. The van der Waals surface area contributed by atoms with Gasteiger partial charge in [-0.1, -0.05) is 6.07 Å². The van der Waals surface area contributed by atoms with Crippen molar-refractivity contribution in [1.29, 1.82) is 0 Å². The highest BCUT2D eigenvalue weighted by atomic mass is 16.6. The molecule has 1 amide bonds. The van der Waals surface area contributed by atoms with Crippen molar-refractivity contribution in [2.24, 2.45) is 0 Å². The summed E-state index contributed by atoms with van der Waals surface area (Å²) in [6, 6.07) is 13.9. The number of nitrogens with zero attached hydrogens (tertiary/aromatic N) is 4. The normalized spacial score (nSPS) is 10.4. The Morgan fingerprint density at radius 2 is 1.70 bits per heavy atom. The highest BCUT2D eigenvalue weighted by Crippen LogP contribution is 2.16. The Morgan fingerprint density at radius 1 is 0.967 bits per heavy atom. The topological polar surface area (TPSA) is 101 Å². The summed E-state index contributed by atoms with van der Waals surface area (Å²) in [6.07, 6.45) is 7.96. The van der Waals surface area contributed by atoms with Gasteiger partial charge in [0.2, 0.25) is 5.91 Å². The second kappa shape index (κ2) is 10.7. The van der Waals surface area contributed by atoms with E-state index < -0.39 is 4.92 Å². The van der Waals surface area contributed by atoms with Crippen LogP contribution < -0.4 is 5.32 Å². The zero-order chi connectivity index (χ0) is 21.2. The van der Waals surface area contributed by atoms with Crippen LogP contribution in [-0.4, -0.2) is 32.2 Å². The van der Waals surface area contributed by atoms with E-state index >= 15 is 0 Å². The van der Waals surface area contributed by atoms with Crippen molar-refractivity contribution in [3.63, 3.8) is 0 Å². The van der Waals surface area contributed by atoms with Crippen molar-refractivity contribution < 1.29 is 9.72 Å². The van der Waals surface area contributed by atoms with Crippen LogP contribution in [0.2, 0.25) is 0 Å². The number of non-ortho nitro benzene ring substituents is 1. The van der Waals surface area contributed by atoms with E-state index in [9.17, 15) is 14.9 Å². The molecule has 1 aromatic carbocycles. The molecule has 0 spiro atoms. The minimum Gasteiger partial charge on any atom is -0.385 e. The fourth-order valence-electron chi connectivity index (χ4n) is 2.98. The molecular formula is C22H23N5O3. The van der Waals surface area contributed by atoms with Crippen LogP contribution in [0.15, 0.2) is 73.3 Å². The first kappa shape index (κ1) is 20.9. The number of amides is 1. The molecule has 0 aliphatic heterocycles. The average molecular weight is 405 g/mol. The highest BCUT2D eigenvalue weighted by molar-refractivity contribution is 5.76. The first-order chi connectivity index (χ1) is 14.6. The molecule has 2 aromatic heterocycles. The summed E-state index contributed by atoms with van der Waals surface area (Å²) in [5.74, 6) is 0.0566. The van der Waals surface area contributed by atoms with Crippen molar-refractivity contribution in [1.82, 2.24) is 14.9 Å². The molecule has 30 heavy (non-hydrogen) atoms. The number of pyridine rings is 2. The maximum absolute atomic E-state index is 12.9. The second-order valence-electron chi connectivity index (χ2n) is 6.80. The molecule has 0 aliphatic rings. The Morgan fingerprint density at radius 3 is 2.37 bits per heavy atom. The van der Waals surface area contributed by atoms with Crippen LogP contribution >= 0.6 is 0 Å². The molecule has 0 unspecified atom stereocenters. The average Bonchev–Trinajstić information content (AvgIpc) is 2.78. The molecule has 0 radical (unpaired) electrons. The number of rotatable bonds is 10. The standard InChI is InChI=1S/C22H23N5O3/c28-22(4-2-12-25-20-5-7-21(8-6-20)27(29)30)26(16-18-9-13-23-14-10-18)17-19-3-1-11-24-15-19/h1,3,5-11,13-15,25H,2,4,12,16-17H2. The lowest BCUT2D eigenvalue weighted by molar-refractivity contribution is -0.384. The summed E-state index contributed by atoms with van der Waals surface area (Å²) in [5.41, 5.74) is 2.84. The largest absolute Gasteiger partial charge is 0.385 e. The van der Waals surface area contributed by atoms with Crippen LogP contribution in [0.5, 0.6) is 0 Å². The SMILES string of the molecule is O=C(CCCNc1ccc([N+](=O)[O-])cc1)N(Cc1ccncc1)Cc1cccnc1. The van der Waals surface area contributed by atoms with Gasteiger partial charge in [0.05, 0.1) is 4.92 Å². The minimum absolute atomic E-state index is 0.0536. The van der Waals surface area contributed by atoms with Gasteiger partial charge in [-0.15, -0.1) is 0 Å². The molecule has 0 aliphatic carbocycles. The lowest BCUT2D eigenvalue weighted by Gasteiger charge is -2.23. The van der Waals surface area contributed by atoms with Gasteiger partial charge in [0, 0.05) is 68.7 Å². The second-order valence-corrected chi connectivity index (χ2v) is 6.80. The number of nitro benzene ring substituents is 1. The summed E-state index contributed by atoms with van der Waals surface area (Å²) in [5, 5.41) is 13.9. The Kier molecular flexibility index (Phi) is 7.43. The fourth-order valence-corrected chi connectivity index (χ4v) is 2.98. The molecule has 1 N–H and O–H groups in total. The van der Waals surface area contributed by atoms with Crippen molar-refractivity contribution >= 4 is 17.3 Å². The van der Waals surface area contributed by atoms with Crippen molar-refractivity contribution in [2.45, 2.75) is 25.9 Å². The van der Waals surface area contributed by atoms with Crippen LogP contribution in [0.3, 0.4) is 0 Å². The van der Waals surface area contributed by atoms with Crippen LogP contribution in [-0.2, 0) is 17.9 Å². The predicted octanol–water partition coefficient (Wildman–Crippen LogP) is 3.81. The Hall–Kier alpha value is -3.81. The monoisotopic (exact) mass is 405 g/mol. The highest BCUT2D eigenvalue weighted by Gasteiger charge is 2.14. The number of hydrogen-bond donors (Lipinski definition) is 1. The van der Waals surface area contributed by atoms with Crippen LogP contribution in [0, 0.1) is 10.1 Å². The third-order valence-electron chi connectivity index (χ3n) is 4.55. The first-order valence-electron chi connectivity index (χ1n) is 9.66. The van der Waals surface area contributed by atoms with E-state index in [0.29, 0.717) is 32.5 Å². The molecule has 3 rings (SSSR count). The van der Waals surface area contributed by atoms with E-state index in [-0.39, 0.29) is 11.6 Å². The third-order valence-corrected chi connectivity index (χ3v) is 4.55. The zero-order valence-electron chi connectivity index (χ0n) is 16.5. The molecule has 8 heteroatoms. The Balaban J connectivity index is 1.53. The summed E-state index contributed by atoms with van der Waals surface area (Å²) >= 11 is 0. The molecule has 0 saturated heterocycles. The number of aromatic nitrogens is 2. The Bertz CT molecular complexity index is 908. The summed E-state index contributed by atoms with van der Waals surface area (Å²) < 4.78 is 0. The number of hydrogen-bond acceptors (Lipinski definition) is 6. The van der Waals surface area contributed by atoms with Gasteiger partial charge in [0.1, 0.15) is 0 Å². The van der Waals surface area contributed by atoms with Gasteiger partial charge in [0.25, 0.3) is 5.69 Å². The molecule has 2 heterocycles. The maximum atomic E-state index is 12.9. The lowest BCUT2D eigenvalue weighted by Crippen LogP contribution is -2.30. The van der Waals surface area contributed by atoms with E-state index in [2.05, 4.69) is 15.3 Å². The van der Waals surface area contributed by atoms with Gasteiger partial charge in [-0.05, 0) is 47.9 Å². The smallest absolute Gasteiger partial charge is 0.269 e. The van der Waals surface area contributed by atoms with E-state index in [1.807, 2.05) is 29.2 Å². The van der Waals surface area contributed by atoms with Gasteiger partial charge in [-0.3, -0.25) is 24.9 Å². The summed E-state index contributed by atoms with van der Waals surface area (Å²) in [7, 11) is 0. The number of benzene rings is 1. The molecule has 0 saturated carbocycles. The summed E-state index contributed by atoms with van der Waals surface area (Å²) in [6.45, 7) is 1.59. The molecule has 0 bridgehead atoms. The molecule has 3 aromatic rings. The van der Waals surface area contributed by atoms with Gasteiger partial charge in [0.15, 0.2) is 0 Å². The molecule has 8 nitrogen and oxygen atoms in total. The number of carbonyl (C=O) groups is 1. The van der Waals surface area contributed by atoms with Crippen LogP contribution in [0.1, 0.15) is 24.0 Å². The zero-order valence-corrected chi connectivity index (χ0v) is 16.5. The minimum atomic E-state index is -0.428. The Labute approximate surface area is 174 Å². The van der Waals surface area contributed by atoms with Gasteiger partial charge in [-0.25, -0.2) is 0 Å². The van der Waals surface area contributed by atoms with Crippen molar-refractivity contribution in [3.05, 3.63) is 94.6 Å². The quantitative estimate of drug-likeness (QED) is 0.313. The number of nitro groups is 1. The molecule has 0 fully saturated rings. The van der Waals surface area contributed by atoms with Crippen LogP contribution in [0.4, 0.5) is 11.4 Å². The van der Waals surface area contributed by atoms with Crippen LogP contribution in [0.25, 0.3) is 0 Å². The van der Waals surface area contributed by atoms with Crippen molar-refractivity contribution in [3.8, 4) is 0 Å². The fraction of sp³-hybridized carbons (Fsp3) is 0.227. The molecule has 0 atom stereocenters. The van der Waals surface area contributed by atoms with E-state index in [1.165, 1.54) is 12.1 Å². The predicted molar refractivity (Wildman–Crippen MR) is 114 cm³/mol. The number of nitrogens with one attached hydrogen (secondary N) is 1. The number of carbonyl (C=O) groups excluding carboxylic acids is 1. The third kappa shape index (κ3) is 6.37. The van der Waals surface area contributed by atoms with Gasteiger partial charge in [-0.2, -0.15) is 0 Å².